The van der Waals surface area contributed by atoms with Crippen molar-refractivity contribution in [3.05, 3.63) is 34.9 Å². The van der Waals surface area contributed by atoms with Gasteiger partial charge in [0.15, 0.2) is 0 Å². The van der Waals surface area contributed by atoms with Crippen LogP contribution in [0.15, 0.2) is 24.3 Å². The van der Waals surface area contributed by atoms with Gasteiger partial charge in [-0.2, -0.15) is 0 Å². The monoisotopic (exact) mass is 289 g/mol. The zero-order valence-electron chi connectivity index (χ0n) is 10.1. The van der Waals surface area contributed by atoms with E-state index in [0.29, 0.717) is 5.02 Å². The van der Waals surface area contributed by atoms with Crippen LogP contribution < -0.4 is 4.72 Å². The largest absolute Gasteiger partial charge is 0.375 e. The van der Waals surface area contributed by atoms with Gasteiger partial charge in [-0.3, -0.25) is 0 Å². The first kappa shape index (κ1) is 13.8. The number of sulfonamides is 1. The van der Waals surface area contributed by atoms with Gasteiger partial charge in [-0.25, -0.2) is 13.1 Å². The van der Waals surface area contributed by atoms with Gasteiger partial charge in [0, 0.05) is 24.2 Å². The first-order valence-electron chi connectivity index (χ1n) is 5.80. The van der Waals surface area contributed by atoms with E-state index in [-0.39, 0.29) is 17.9 Å². The molecule has 0 bridgehead atoms. The van der Waals surface area contributed by atoms with Gasteiger partial charge in [-0.1, -0.05) is 29.8 Å². The van der Waals surface area contributed by atoms with Crippen LogP contribution in [0, 0.1) is 0 Å². The second-order valence-corrected chi connectivity index (χ2v) is 6.79. The maximum Gasteiger partial charge on any atom is 0.214 e. The Morgan fingerprint density at radius 3 is 2.67 bits per heavy atom. The minimum atomic E-state index is -3.19. The summed E-state index contributed by atoms with van der Waals surface area (Å²) in [6, 6.07) is 7.27. The number of rotatable bonds is 6. The smallest absolute Gasteiger partial charge is 0.214 e. The summed E-state index contributed by atoms with van der Waals surface area (Å²) >= 11 is 6.07. The molecule has 0 saturated heterocycles. The van der Waals surface area contributed by atoms with Gasteiger partial charge in [0.1, 0.15) is 0 Å². The Kier molecular flexibility index (Phi) is 4.27. The summed E-state index contributed by atoms with van der Waals surface area (Å²) in [7, 11) is -1.65. The van der Waals surface area contributed by atoms with Crippen LogP contribution in [-0.2, 0) is 14.8 Å². The highest BCUT2D eigenvalue weighted by molar-refractivity contribution is 7.90. The highest BCUT2D eigenvalue weighted by atomic mass is 35.5. The van der Waals surface area contributed by atoms with Crippen molar-refractivity contribution in [2.45, 2.75) is 24.2 Å². The molecule has 0 spiro atoms. The fourth-order valence-corrected chi connectivity index (χ4v) is 3.38. The first-order chi connectivity index (χ1) is 8.54. The van der Waals surface area contributed by atoms with Crippen molar-refractivity contribution >= 4 is 21.6 Å². The summed E-state index contributed by atoms with van der Waals surface area (Å²) in [5.74, 6) is 0. The van der Waals surface area contributed by atoms with Crippen molar-refractivity contribution in [1.29, 1.82) is 0 Å². The molecule has 1 unspecified atom stereocenters. The lowest BCUT2D eigenvalue weighted by Gasteiger charge is -2.17. The summed E-state index contributed by atoms with van der Waals surface area (Å²) in [6.07, 6.45) is 1.13. The molecule has 1 fully saturated rings. The van der Waals surface area contributed by atoms with E-state index in [9.17, 15) is 8.42 Å². The molecule has 0 heterocycles. The number of hydrogen-bond acceptors (Lipinski definition) is 3. The number of nitrogens with one attached hydrogen (secondary N) is 1. The molecule has 0 aromatic heterocycles. The normalized spacial score (nSPS) is 17.7. The van der Waals surface area contributed by atoms with Gasteiger partial charge in [-0.15, -0.1) is 0 Å². The summed E-state index contributed by atoms with van der Waals surface area (Å²) in [5.41, 5.74) is 0.792. The predicted octanol–water partition coefficient (Wildman–Crippen LogP) is 2.11. The molecule has 1 atom stereocenters. The fraction of sp³-hybridized carbons (Fsp3) is 0.500. The van der Waals surface area contributed by atoms with E-state index in [1.165, 1.54) is 0 Å². The van der Waals surface area contributed by atoms with Crippen molar-refractivity contribution in [3.63, 3.8) is 0 Å². The van der Waals surface area contributed by atoms with Crippen LogP contribution in [-0.4, -0.2) is 27.3 Å². The molecule has 1 N–H and O–H groups in total. The minimum absolute atomic E-state index is 0.207. The lowest BCUT2D eigenvalue weighted by Crippen LogP contribution is -2.31. The topological polar surface area (TPSA) is 55.4 Å². The van der Waals surface area contributed by atoms with Crippen molar-refractivity contribution in [2.75, 3.05) is 13.7 Å². The average Bonchev–Trinajstić information content (AvgIpc) is 3.16. The molecule has 18 heavy (non-hydrogen) atoms. The molecule has 1 aromatic rings. The maximum atomic E-state index is 11.7. The van der Waals surface area contributed by atoms with Crippen LogP contribution in [0.4, 0.5) is 0 Å². The third-order valence-corrected chi connectivity index (χ3v) is 5.23. The zero-order valence-corrected chi connectivity index (χ0v) is 11.7. The molecule has 1 aromatic carbocycles. The Hall–Kier alpha value is -0.620. The Balaban J connectivity index is 2.04. The number of halogens is 1. The SMILES string of the molecule is COC(CNS(=O)(=O)C1CC1)c1ccccc1Cl. The molecule has 1 aliphatic rings. The number of hydrogen-bond donors (Lipinski definition) is 1. The Bertz CT molecular complexity index is 514. The van der Waals surface area contributed by atoms with Crippen molar-refractivity contribution in [1.82, 2.24) is 4.72 Å². The lowest BCUT2D eigenvalue weighted by atomic mass is 10.1. The molecule has 0 amide bonds. The quantitative estimate of drug-likeness (QED) is 0.873. The third-order valence-electron chi connectivity index (χ3n) is 2.97. The lowest BCUT2D eigenvalue weighted by molar-refractivity contribution is 0.107. The molecule has 6 heteroatoms. The molecule has 0 aliphatic heterocycles. The van der Waals surface area contributed by atoms with Crippen LogP contribution >= 0.6 is 11.6 Å². The van der Waals surface area contributed by atoms with Crippen molar-refractivity contribution in [2.24, 2.45) is 0 Å². The van der Waals surface area contributed by atoms with Crippen LogP contribution in [0.2, 0.25) is 5.02 Å². The fourth-order valence-electron chi connectivity index (χ4n) is 1.74. The summed E-state index contributed by atoms with van der Waals surface area (Å²) < 4.78 is 31.3. The Labute approximate surface area is 112 Å². The second kappa shape index (κ2) is 5.57. The van der Waals surface area contributed by atoms with Crippen molar-refractivity contribution in [3.8, 4) is 0 Å². The average molecular weight is 290 g/mol. The van der Waals surface area contributed by atoms with E-state index in [4.69, 9.17) is 16.3 Å². The second-order valence-electron chi connectivity index (χ2n) is 4.34. The maximum absolute atomic E-state index is 11.7. The molecule has 1 saturated carbocycles. The number of ether oxygens (including phenoxy) is 1. The highest BCUT2D eigenvalue weighted by Crippen LogP contribution is 2.29. The van der Waals surface area contributed by atoms with Crippen LogP contribution in [0.5, 0.6) is 0 Å². The van der Waals surface area contributed by atoms with Gasteiger partial charge in [0.05, 0.1) is 11.4 Å². The number of methoxy groups -OCH3 is 1. The summed E-state index contributed by atoms with van der Waals surface area (Å²) in [6.45, 7) is 0.207. The van der Waals surface area contributed by atoms with Crippen LogP contribution in [0.25, 0.3) is 0 Å². The van der Waals surface area contributed by atoms with E-state index in [2.05, 4.69) is 4.72 Å². The highest BCUT2D eigenvalue weighted by Gasteiger charge is 2.35. The number of benzene rings is 1. The Morgan fingerprint density at radius 1 is 1.44 bits per heavy atom. The predicted molar refractivity (Wildman–Crippen MR) is 71.1 cm³/mol. The minimum Gasteiger partial charge on any atom is -0.375 e. The molecule has 100 valence electrons. The zero-order chi connectivity index (χ0) is 13.2. The molecule has 4 nitrogen and oxygen atoms in total. The van der Waals surface area contributed by atoms with Gasteiger partial charge < -0.3 is 4.74 Å². The summed E-state index contributed by atoms with van der Waals surface area (Å²) in [4.78, 5) is 0. The first-order valence-corrected chi connectivity index (χ1v) is 7.72. The van der Waals surface area contributed by atoms with Crippen LogP contribution in [0.1, 0.15) is 24.5 Å². The van der Waals surface area contributed by atoms with E-state index < -0.39 is 10.0 Å². The standard InChI is InChI=1S/C12H16ClNO3S/c1-17-12(10-4-2-3-5-11(10)13)8-14-18(15,16)9-6-7-9/h2-5,9,12,14H,6-8H2,1H3. The van der Waals surface area contributed by atoms with Crippen molar-refractivity contribution < 1.29 is 13.2 Å². The van der Waals surface area contributed by atoms with E-state index in [1.54, 1.807) is 13.2 Å². The van der Waals surface area contributed by atoms with Gasteiger partial charge >= 0.3 is 0 Å². The molecular weight excluding hydrogens is 274 g/mol. The van der Waals surface area contributed by atoms with E-state index in [1.807, 2.05) is 18.2 Å². The summed E-state index contributed by atoms with van der Waals surface area (Å²) in [5, 5.41) is 0.358. The molecular formula is C12H16ClNO3S. The van der Waals surface area contributed by atoms with Gasteiger partial charge in [0.2, 0.25) is 10.0 Å². The van der Waals surface area contributed by atoms with Gasteiger partial charge in [-0.05, 0) is 18.9 Å². The molecule has 2 rings (SSSR count). The third kappa shape index (κ3) is 3.23. The van der Waals surface area contributed by atoms with E-state index in [0.717, 1.165) is 18.4 Å². The van der Waals surface area contributed by atoms with E-state index >= 15 is 0 Å². The Morgan fingerprint density at radius 2 is 2.11 bits per heavy atom. The molecule has 0 radical (unpaired) electrons. The van der Waals surface area contributed by atoms with Gasteiger partial charge in [0.25, 0.3) is 0 Å². The van der Waals surface area contributed by atoms with Crippen LogP contribution in [0.3, 0.4) is 0 Å². The molecule has 1 aliphatic carbocycles.